The van der Waals surface area contributed by atoms with E-state index < -0.39 is 44.0 Å². The number of rotatable bonds is 8. The summed E-state index contributed by atoms with van der Waals surface area (Å²) >= 11 is 0. The van der Waals surface area contributed by atoms with Crippen LogP contribution in [0.25, 0.3) is 0 Å². The van der Waals surface area contributed by atoms with Gasteiger partial charge in [-0.1, -0.05) is 0 Å². The first kappa shape index (κ1) is 15.8. The van der Waals surface area contributed by atoms with Crippen LogP contribution in [0.1, 0.15) is 0 Å². The number of sulfonamides is 1. The Morgan fingerprint density at radius 1 is 1.25 bits per heavy atom. The van der Waals surface area contributed by atoms with Crippen LogP contribution >= 0.6 is 0 Å². The fourth-order valence-corrected chi connectivity index (χ4v) is 3.76. The third kappa shape index (κ3) is 7.99. The zero-order valence-corrected chi connectivity index (χ0v) is 10.8. The number of sulfone groups is 1. The molecular formula is C7H17NO6S2. The molecule has 1 atom stereocenters. The van der Waals surface area contributed by atoms with E-state index in [0.717, 1.165) is 6.26 Å². The second kappa shape index (κ2) is 6.50. The summed E-state index contributed by atoms with van der Waals surface area (Å²) in [5.41, 5.74) is 0. The van der Waals surface area contributed by atoms with Gasteiger partial charge < -0.3 is 9.84 Å². The van der Waals surface area contributed by atoms with Crippen molar-refractivity contribution in [3.63, 3.8) is 0 Å². The molecule has 0 bridgehead atoms. The molecule has 0 spiro atoms. The Labute approximate surface area is 95.8 Å². The zero-order chi connectivity index (χ0) is 12.8. The molecular weight excluding hydrogens is 258 g/mol. The number of aliphatic hydroxyl groups is 1. The van der Waals surface area contributed by atoms with E-state index in [1.54, 1.807) is 0 Å². The molecule has 0 rings (SSSR count). The topological polar surface area (TPSA) is 110 Å². The highest BCUT2D eigenvalue weighted by atomic mass is 32.2. The van der Waals surface area contributed by atoms with Crippen LogP contribution in [0.2, 0.25) is 0 Å². The molecule has 9 heteroatoms. The molecule has 0 heterocycles. The van der Waals surface area contributed by atoms with E-state index in [0.29, 0.717) is 0 Å². The summed E-state index contributed by atoms with van der Waals surface area (Å²) in [6.45, 7) is -0.388. The first-order valence-electron chi connectivity index (χ1n) is 4.47. The van der Waals surface area contributed by atoms with Crippen LogP contribution in [0.15, 0.2) is 0 Å². The third-order valence-electron chi connectivity index (χ3n) is 1.66. The van der Waals surface area contributed by atoms with Crippen LogP contribution in [0, 0.1) is 0 Å². The fourth-order valence-electron chi connectivity index (χ4n) is 0.899. The molecule has 0 aromatic heterocycles. The normalized spacial score (nSPS) is 14.9. The number of aliphatic hydroxyl groups excluding tert-OH is 1. The van der Waals surface area contributed by atoms with E-state index in [1.165, 1.54) is 7.11 Å². The summed E-state index contributed by atoms with van der Waals surface area (Å²) in [6, 6.07) is -0.755. The van der Waals surface area contributed by atoms with Crippen molar-refractivity contribution < 1.29 is 26.7 Å². The SMILES string of the molecule is COCC(CO)NS(=O)(=O)CCS(C)(=O)=O. The van der Waals surface area contributed by atoms with Gasteiger partial charge >= 0.3 is 0 Å². The lowest BCUT2D eigenvalue weighted by Gasteiger charge is -2.14. The molecule has 16 heavy (non-hydrogen) atoms. The lowest BCUT2D eigenvalue weighted by molar-refractivity contribution is 0.139. The molecule has 0 aliphatic carbocycles. The van der Waals surface area contributed by atoms with Gasteiger partial charge in [-0.05, 0) is 0 Å². The standard InChI is InChI=1S/C7H17NO6S2/c1-14-6-7(5-9)8-16(12,13)4-3-15(2,10)11/h7-9H,3-6H2,1-2H3. The van der Waals surface area contributed by atoms with Crippen LogP contribution in [-0.4, -0.2) is 66.1 Å². The number of hydrogen-bond acceptors (Lipinski definition) is 6. The van der Waals surface area contributed by atoms with Crippen LogP contribution in [0.3, 0.4) is 0 Å². The summed E-state index contributed by atoms with van der Waals surface area (Å²) in [6.07, 6.45) is 0.960. The van der Waals surface area contributed by atoms with Crippen LogP contribution < -0.4 is 4.72 Å². The molecule has 0 aromatic rings. The predicted molar refractivity (Wildman–Crippen MR) is 59.4 cm³/mol. The Morgan fingerprint density at radius 3 is 2.19 bits per heavy atom. The minimum absolute atomic E-state index is 0.0224. The van der Waals surface area contributed by atoms with Crippen molar-refractivity contribution in [1.29, 1.82) is 0 Å². The van der Waals surface area contributed by atoms with E-state index in [-0.39, 0.29) is 6.61 Å². The number of nitrogens with one attached hydrogen (secondary N) is 1. The van der Waals surface area contributed by atoms with Gasteiger partial charge in [0.25, 0.3) is 0 Å². The van der Waals surface area contributed by atoms with Crippen molar-refractivity contribution in [2.75, 3.05) is 38.1 Å². The number of methoxy groups -OCH3 is 1. The maximum absolute atomic E-state index is 11.4. The van der Waals surface area contributed by atoms with Gasteiger partial charge in [0.2, 0.25) is 10.0 Å². The molecule has 7 nitrogen and oxygen atoms in total. The molecule has 0 amide bonds. The molecule has 0 radical (unpaired) electrons. The van der Waals surface area contributed by atoms with Crippen molar-refractivity contribution in [3.05, 3.63) is 0 Å². The van der Waals surface area contributed by atoms with Gasteiger partial charge in [0.05, 0.1) is 30.8 Å². The van der Waals surface area contributed by atoms with E-state index in [4.69, 9.17) is 5.11 Å². The molecule has 98 valence electrons. The molecule has 1 unspecified atom stereocenters. The first-order chi connectivity index (χ1) is 7.20. The van der Waals surface area contributed by atoms with Crippen molar-refractivity contribution in [3.8, 4) is 0 Å². The minimum atomic E-state index is -3.72. The summed E-state index contributed by atoms with van der Waals surface area (Å²) in [5, 5.41) is 8.82. The lowest BCUT2D eigenvalue weighted by Crippen LogP contribution is -2.42. The Hall–Kier alpha value is -0.220. The van der Waals surface area contributed by atoms with Gasteiger partial charge in [-0.2, -0.15) is 0 Å². The van der Waals surface area contributed by atoms with E-state index in [9.17, 15) is 16.8 Å². The fraction of sp³-hybridized carbons (Fsp3) is 1.00. The second-order valence-corrected chi connectivity index (χ2v) is 7.53. The Bertz CT molecular complexity index is 387. The van der Waals surface area contributed by atoms with Crippen LogP contribution in [0.5, 0.6) is 0 Å². The van der Waals surface area contributed by atoms with Gasteiger partial charge in [-0.25, -0.2) is 21.6 Å². The second-order valence-electron chi connectivity index (χ2n) is 3.40. The van der Waals surface area contributed by atoms with E-state index in [2.05, 4.69) is 9.46 Å². The van der Waals surface area contributed by atoms with Crippen molar-refractivity contribution in [2.45, 2.75) is 6.04 Å². The molecule has 0 saturated heterocycles. The first-order valence-corrected chi connectivity index (χ1v) is 8.19. The molecule has 0 aliphatic heterocycles. The summed E-state index contributed by atoms with van der Waals surface area (Å²) in [4.78, 5) is 0. The molecule has 0 aliphatic rings. The van der Waals surface area contributed by atoms with Gasteiger partial charge in [0.1, 0.15) is 9.84 Å². The van der Waals surface area contributed by atoms with E-state index >= 15 is 0 Å². The predicted octanol–water partition coefficient (Wildman–Crippen LogP) is -2.04. The maximum Gasteiger partial charge on any atom is 0.213 e. The highest BCUT2D eigenvalue weighted by molar-refractivity contribution is 7.93. The molecule has 2 N–H and O–H groups in total. The highest BCUT2D eigenvalue weighted by Crippen LogP contribution is 1.93. The molecule has 0 saturated carbocycles. The highest BCUT2D eigenvalue weighted by Gasteiger charge is 2.19. The average Bonchev–Trinajstić information content (AvgIpc) is 2.13. The Morgan fingerprint density at radius 2 is 1.81 bits per heavy atom. The lowest BCUT2D eigenvalue weighted by atomic mass is 10.4. The summed E-state index contributed by atoms with van der Waals surface area (Å²) in [5.74, 6) is -0.973. The number of hydrogen-bond donors (Lipinski definition) is 2. The van der Waals surface area contributed by atoms with Crippen LogP contribution in [-0.2, 0) is 24.6 Å². The van der Waals surface area contributed by atoms with Crippen molar-refractivity contribution in [1.82, 2.24) is 4.72 Å². The van der Waals surface area contributed by atoms with Crippen LogP contribution in [0.4, 0.5) is 0 Å². The Kier molecular flexibility index (Phi) is 6.41. The quantitative estimate of drug-likeness (QED) is 0.528. The monoisotopic (exact) mass is 275 g/mol. The van der Waals surface area contributed by atoms with Crippen molar-refractivity contribution in [2.24, 2.45) is 0 Å². The number of ether oxygens (including phenoxy) is 1. The third-order valence-corrected chi connectivity index (χ3v) is 4.30. The largest absolute Gasteiger partial charge is 0.395 e. The van der Waals surface area contributed by atoms with Gasteiger partial charge in [-0.15, -0.1) is 0 Å². The van der Waals surface area contributed by atoms with Gasteiger partial charge in [0.15, 0.2) is 0 Å². The van der Waals surface area contributed by atoms with E-state index in [1.807, 2.05) is 0 Å². The van der Waals surface area contributed by atoms with Gasteiger partial charge in [0, 0.05) is 13.4 Å². The summed E-state index contributed by atoms with van der Waals surface area (Å²) in [7, 11) is -5.67. The zero-order valence-electron chi connectivity index (χ0n) is 9.21. The maximum atomic E-state index is 11.4. The van der Waals surface area contributed by atoms with Gasteiger partial charge in [-0.3, -0.25) is 0 Å². The van der Waals surface area contributed by atoms with Crippen molar-refractivity contribution >= 4 is 19.9 Å². The smallest absolute Gasteiger partial charge is 0.213 e. The molecule has 0 aromatic carbocycles. The molecule has 0 fully saturated rings. The average molecular weight is 275 g/mol. The minimum Gasteiger partial charge on any atom is -0.395 e. The Balaban J connectivity index is 4.34. The summed E-state index contributed by atoms with van der Waals surface area (Å²) < 4.78 is 51.2.